The van der Waals surface area contributed by atoms with Crippen molar-refractivity contribution in [2.75, 3.05) is 27.2 Å². The molecule has 0 atom stereocenters. The number of aryl methyl sites for hydroxylation is 1. The molecule has 0 radical (unpaired) electrons. The van der Waals surface area contributed by atoms with Crippen molar-refractivity contribution in [3.05, 3.63) is 59.1 Å². The van der Waals surface area contributed by atoms with E-state index in [0.717, 1.165) is 22.9 Å². The Labute approximate surface area is 153 Å². The molecule has 1 N–H and O–H groups in total. The average Bonchev–Trinajstić information content (AvgIpc) is 2.56. The molecule has 0 heterocycles. The number of amides is 1. The lowest BCUT2D eigenvalue weighted by molar-refractivity contribution is -0.121. The van der Waals surface area contributed by atoms with E-state index in [9.17, 15) is 4.79 Å². The highest BCUT2D eigenvalue weighted by molar-refractivity contribution is 7.99. The second-order valence-corrected chi connectivity index (χ2v) is 7.37. The van der Waals surface area contributed by atoms with Gasteiger partial charge < -0.3 is 10.2 Å². The Morgan fingerprint density at radius 2 is 1.83 bits per heavy atom. The van der Waals surface area contributed by atoms with E-state index in [1.165, 1.54) is 10.5 Å². The Balaban J connectivity index is 1.91. The van der Waals surface area contributed by atoms with Crippen molar-refractivity contribution >= 4 is 29.3 Å². The molecule has 2 aromatic carbocycles. The summed E-state index contributed by atoms with van der Waals surface area (Å²) in [6, 6.07) is 16.0. The first-order valence-corrected chi connectivity index (χ1v) is 9.17. The summed E-state index contributed by atoms with van der Waals surface area (Å²) < 4.78 is 0. The van der Waals surface area contributed by atoms with Crippen LogP contribution >= 0.6 is 23.4 Å². The largest absolute Gasteiger partial charge is 0.355 e. The van der Waals surface area contributed by atoms with Gasteiger partial charge in [-0.15, -0.1) is 0 Å². The number of carbonyl (C=O) groups excluding carboxylic acids is 1. The topological polar surface area (TPSA) is 32.3 Å². The van der Waals surface area contributed by atoms with E-state index in [4.69, 9.17) is 11.6 Å². The molecule has 24 heavy (non-hydrogen) atoms. The van der Waals surface area contributed by atoms with Crippen molar-refractivity contribution < 1.29 is 4.79 Å². The summed E-state index contributed by atoms with van der Waals surface area (Å²) in [4.78, 5) is 16.3. The standard InChI is InChI=1S/C19H23ClN2OS/c1-22(2)14-13-21-19(23)12-7-15-5-3-4-6-18(15)24-17-10-8-16(20)9-11-17/h3-6,8-11H,7,12-14H2,1-2H3,(H,21,23). The molecule has 0 aliphatic carbocycles. The van der Waals surface area contributed by atoms with Gasteiger partial charge in [-0.3, -0.25) is 4.79 Å². The van der Waals surface area contributed by atoms with Crippen molar-refractivity contribution in [2.24, 2.45) is 0 Å². The van der Waals surface area contributed by atoms with Crippen LogP contribution in [0.3, 0.4) is 0 Å². The SMILES string of the molecule is CN(C)CCNC(=O)CCc1ccccc1Sc1ccc(Cl)cc1. The molecule has 0 saturated carbocycles. The van der Waals surface area contributed by atoms with Crippen molar-refractivity contribution in [2.45, 2.75) is 22.6 Å². The fourth-order valence-electron chi connectivity index (χ4n) is 2.20. The molecule has 3 nitrogen and oxygen atoms in total. The van der Waals surface area contributed by atoms with Crippen LogP contribution in [0.4, 0.5) is 0 Å². The average molecular weight is 363 g/mol. The lowest BCUT2D eigenvalue weighted by Crippen LogP contribution is -2.31. The third-order valence-corrected chi connectivity index (χ3v) is 4.89. The fraction of sp³-hybridized carbons (Fsp3) is 0.316. The summed E-state index contributed by atoms with van der Waals surface area (Å²) in [6.07, 6.45) is 1.25. The molecule has 0 spiro atoms. The molecule has 0 bridgehead atoms. The Hall–Kier alpha value is -1.49. The minimum Gasteiger partial charge on any atom is -0.355 e. The van der Waals surface area contributed by atoms with Gasteiger partial charge in [0.2, 0.25) is 5.91 Å². The highest BCUT2D eigenvalue weighted by Gasteiger charge is 2.07. The van der Waals surface area contributed by atoms with E-state index in [1.54, 1.807) is 11.8 Å². The summed E-state index contributed by atoms with van der Waals surface area (Å²) >= 11 is 7.63. The Bertz CT molecular complexity index is 659. The molecule has 2 rings (SSSR count). The number of hydrogen-bond acceptors (Lipinski definition) is 3. The number of benzene rings is 2. The molecule has 0 fully saturated rings. The van der Waals surface area contributed by atoms with Crippen LogP contribution in [0.25, 0.3) is 0 Å². The first-order valence-electron chi connectivity index (χ1n) is 7.97. The summed E-state index contributed by atoms with van der Waals surface area (Å²) in [5.41, 5.74) is 1.19. The number of nitrogens with one attached hydrogen (secondary N) is 1. The predicted octanol–water partition coefficient (Wildman–Crippen LogP) is 4.10. The Morgan fingerprint density at radius 1 is 1.12 bits per heavy atom. The third kappa shape index (κ3) is 6.56. The van der Waals surface area contributed by atoms with E-state index in [2.05, 4.69) is 22.3 Å². The quantitative estimate of drug-likeness (QED) is 0.767. The number of likely N-dealkylation sites (N-methyl/N-ethyl adjacent to an activating group) is 1. The molecular weight excluding hydrogens is 340 g/mol. The first-order chi connectivity index (χ1) is 11.5. The molecule has 2 aromatic rings. The summed E-state index contributed by atoms with van der Waals surface area (Å²) in [5, 5.41) is 3.70. The maximum Gasteiger partial charge on any atom is 0.220 e. The van der Waals surface area contributed by atoms with E-state index < -0.39 is 0 Å². The van der Waals surface area contributed by atoms with Crippen LogP contribution < -0.4 is 5.32 Å². The number of hydrogen-bond donors (Lipinski definition) is 1. The van der Waals surface area contributed by atoms with E-state index in [-0.39, 0.29) is 5.91 Å². The maximum absolute atomic E-state index is 12.0. The van der Waals surface area contributed by atoms with Crippen LogP contribution in [0.5, 0.6) is 0 Å². The van der Waals surface area contributed by atoms with Crippen molar-refractivity contribution in [1.82, 2.24) is 10.2 Å². The number of halogens is 1. The number of nitrogens with zero attached hydrogens (tertiary/aromatic N) is 1. The monoisotopic (exact) mass is 362 g/mol. The molecule has 0 aliphatic rings. The van der Waals surface area contributed by atoms with Gasteiger partial charge in [-0.1, -0.05) is 41.6 Å². The van der Waals surface area contributed by atoms with Crippen LogP contribution in [0, 0.1) is 0 Å². The Kier molecular flexibility index (Phi) is 7.63. The molecular formula is C19H23ClN2OS. The van der Waals surface area contributed by atoms with E-state index in [1.807, 2.05) is 50.5 Å². The van der Waals surface area contributed by atoms with Crippen LogP contribution in [-0.2, 0) is 11.2 Å². The van der Waals surface area contributed by atoms with Gasteiger partial charge in [0.25, 0.3) is 0 Å². The fourth-order valence-corrected chi connectivity index (χ4v) is 3.29. The molecule has 0 aliphatic heterocycles. The zero-order chi connectivity index (χ0) is 17.4. The van der Waals surface area contributed by atoms with E-state index >= 15 is 0 Å². The third-order valence-electron chi connectivity index (χ3n) is 3.52. The van der Waals surface area contributed by atoms with Crippen LogP contribution in [0.15, 0.2) is 58.3 Å². The highest BCUT2D eigenvalue weighted by Crippen LogP contribution is 2.31. The maximum atomic E-state index is 12.0. The minimum atomic E-state index is 0.100. The smallest absolute Gasteiger partial charge is 0.220 e. The lowest BCUT2D eigenvalue weighted by atomic mass is 10.1. The van der Waals surface area contributed by atoms with E-state index in [0.29, 0.717) is 13.0 Å². The first kappa shape index (κ1) is 18.8. The van der Waals surface area contributed by atoms with Gasteiger partial charge in [-0.05, 0) is 56.4 Å². The van der Waals surface area contributed by atoms with Crippen molar-refractivity contribution in [1.29, 1.82) is 0 Å². The van der Waals surface area contributed by atoms with Gasteiger partial charge in [-0.2, -0.15) is 0 Å². The predicted molar refractivity (Wildman–Crippen MR) is 102 cm³/mol. The zero-order valence-electron chi connectivity index (χ0n) is 14.1. The van der Waals surface area contributed by atoms with Gasteiger partial charge in [0, 0.05) is 34.3 Å². The number of rotatable bonds is 8. The van der Waals surface area contributed by atoms with Crippen LogP contribution in [-0.4, -0.2) is 38.0 Å². The van der Waals surface area contributed by atoms with Gasteiger partial charge in [0.05, 0.1) is 0 Å². The molecule has 5 heteroatoms. The minimum absolute atomic E-state index is 0.100. The summed E-state index contributed by atoms with van der Waals surface area (Å²) in [7, 11) is 3.99. The summed E-state index contributed by atoms with van der Waals surface area (Å²) in [5.74, 6) is 0.100. The molecule has 1 amide bonds. The van der Waals surface area contributed by atoms with Crippen molar-refractivity contribution in [3.63, 3.8) is 0 Å². The van der Waals surface area contributed by atoms with Crippen LogP contribution in [0.1, 0.15) is 12.0 Å². The van der Waals surface area contributed by atoms with Crippen LogP contribution in [0.2, 0.25) is 5.02 Å². The van der Waals surface area contributed by atoms with Crippen molar-refractivity contribution in [3.8, 4) is 0 Å². The van der Waals surface area contributed by atoms with Gasteiger partial charge in [0.1, 0.15) is 0 Å². The number of carbonyl (C=O) groups is 1. The molecule has 128 valence electrons. The Morgan fingerprint density at radius 3 is 2.54 bits per heavy atom. The second kappa shape index (κ2) is 9.72. The van der Waals surface area contributed by atoms with Gasteiger partial charge in [0.15, 0.2) is 0 Å². The summed E-state index contributed by atoms with van der Waals surface area (Å²) in [6.45, 7) is 1.54. The lowest BCUT2D eigenvalue weighted by Gasteiger charge is -2.11. The van der Waals surface area contributed by atoms with Gasteiger partial charge >= 0.3 is 0 Å². The normalized spacial score (nSPS) is 10.8. The zero-order valence-corrected chi connectivity index (χ0v) is 15.7. The second-order valence-electron chi connectivity index (χ2n) is 5.82. The molecule has 0 unspecified atom stereocenters. The molecule has 0 aromatic heterocycles. The van der Waals surface area contributed by atoms with Gasteiger partial charge in [-0.25, -0.2) is 0 Å². The highest BCUT2D eigenvalue weighted by atomic mass is 35.5. The molecule has 0 saturated heterocycles.